The van der Waals surface area contributed by atoms with Gasteiger partial charge in [-0.1, -0.05) is 25.0 Å². The van der Waals surface area contributed by atoms with Gasteiger partial charge in [-0.05, 0) is 44.4 Å². The van der Waals surface area contributed by atoms with Crippen LogP contribution in [0, 0.1) is 5.82 Å². The number of allylic oxidation sites excluding steroid dienone is 1. The number of piperidine rings is 1. The molecule has 1 aromatic rings. The molecule has 2 aliphatic heterocycles. The first kappa shape index (κ1) is 17.9. The Labute approximate surface area is 149 Å². The predicted molar refractivity (Wildman–Crippen MR) is 97.5 cm³/mol. The number of nitrogens with zero attached hydrogens (tertiary/aromatic N) is 2. The maximum Gasteiger partial charge on any atom is 0.265 e. The van der Waals surface area contributed by atoms with Crippen molar-refractivity contribution in [1.82, 2.24) is 4.90 Å². The molecular formula is C20H27FN2O2. The molecule has 0 saturated carbocycles. The lowest BCUT2D eigenvalue weighted by Gasteiger charge is -2.32. The number of halogens is 1. The van der Waals surface area contributed by atoms with Crippen molar-refractivity contribution in [2.45, 2.75) is 39.0 Å². The van der Waals surface area contributed by atoms with Gasteiger partial charge in [-0.15, -0.1) is 0 Å². The Kier molecular flexibility index (Phi) is 6.08. The number of hydrogen-bond donors (Lipinski definition) is 0. The Bertz CT molecular complexity index is 635. The van der Waals surface area contributed by atoms with E-state index in [9.17, 15) is 9.18 Å². The smallest absolute Gasteiger partial charge is 0.265 e. The maximum atomic E-state index is 13.5. The van der Waals surface area contributed by atoms with Crippen LogP contribution in [0.5, 0.6) is 5.75 Å². The van der Waals surface area contributed by atoms with Gasteiger partial charge >= 0.3 is 0 Å². The van der Waals surface area contributed by atoms with E-state index < -0.39 is 0 Å². The molecule has 2 aliphatic rings. The first-order valence-electron chi connectivity index (χ1n) is 9.30. The molecule has 0 aliphatic carbocycles. The number of ether oxygens (including phenoxy) is 1. The molecule has 136 valence electrons. The second-order valence-electron chi connectivity index (χ2n) is 6.79. The van der Waals surface area contributed by atoms with Gasteiger partial charge in [0.15, 0.2) is 6.61 Å². The Morgan fingerprint density at radius 1 is 1.24 bits per heavy atom. The highest BCUT2D eigenvalue weighted by molar-refractivity contribution is 5.97. The van der Waals surface area contributed by atoms with Gasteiger partial charge in [0.05, 0.1) is 5.69 Å². The molecule has 4 nitrogen and oxygen atoms in total. The number of carbonyl (C=O) groups excluding carboxylic acids is 1. The van der Waals surface area contributed by atoms with Crippen LogP contribution in [-0.2, 0) is 4.79 Å². The van der Waals surface area contributed by atoms with E-state index in [0.717, 1.165) is 38.9 Å². The number of benzene rings is 1. The number of likely N-dealkylation sites (tertiary alicyclic amines) is 1. The number of anilines is 1. The largest absolute Gasteiger partial charge is 0.482 e. The van der Waals surface area contributed by atoms with Crippen molar-refractivity contribution in [3.05, 3.63) is 35.7 Å². The van der Waals surface area contributed by atoms with Crippen molar-refractivity contribution in [3.8, 4) is 5.75 Å². The first-order chi connectivity index (χ1) is 12.2. The topological polar surface area (TPSA) is 32.8 Å². The van der Waals surface area contributed by atoms with Crippen molar-refractivity contribution in [1.29, 1.82) is 0 Å². The molecule has 0 bridgehead atoms. The number of rotatable bonds is 6. The number of fused-ring (bicyclic) bond motifs is 1. The lowest BCUT2D eigenvalue weighted by atomic mass is 10.0. The van der Waals surface area contributed by atoms with E-state index >= 15 is 0 Å². The zero-order valence-corrected chi connectivity index (χ0v) is 15.0. The van der Waals surface area contributed by atoms with Gasteiger partial charge in [0.1, 0.15) is 11.6 Å². The summed E-state index contributed by atoms with van der Waals surface area (Å²) in [5.41, 5.74) is 2.14. The van der Waals surface area contributed by atoms with Gasteiger partial charge < -0.3 is 14.5 Å². The summed E-state index contributed by atoms with van der Waals surface area (Å²) in [5, 5.41) is 0. The Morgan fingerprint density at radius 3 is 2.80 bits per heavy atom. The van der Waals surface area contributed by atoms with Crippen LogP contribution in [0.3, 0.4) is 0 Å². The van der Waals surface area contributed by atoms with Crippen molar-refractivity contribution < 1.29 is 13.9 Å². The standard InChI is InChI=1S/C20H27FN2O2/c1-2-3-5-16-8-12-22(13-9-16)10-4-11-23-18-14-17(21)6-7-19(18)25-15-20(23)24/h5-7,14H,2-4,8-13,15H2,1H3. The van der Waals surface area contributed by atoms with Gasteiger partial charge in [0.2, 0.25) is 0 Å². The van der Waals surface area contributed by atoms with E-state index in [4.69, 9.17) is 4.74 Å². The van der Waals surface area contributed by atoms with Crippen LogP contribution < -0.4 is 9.64 Å². The summed E-state index contributed by atoms with van der Waals surface area (Å²) in [6.07, 6.45) is 7.99. The van der Waals surface area contributed by atoms with Gasteiger partial charge in [0.25, 0.3) is 5.91 Å². The highest BCUT2D eigenvalue weighted by Gasteiger charge is 2.25. The van der Waals surface area contributed by atoms with E-state index in [1.165, 1.54) is 25.0 Å². The summed E-state index contributed by atoms with van der Waals surface area (Å²) in [6, 6.07) is 4.35. The molecule has 1 fully saturated rings. The van der Waals surface area contributed by atoms with Crippen LogP contribution in [0.2, 0.25) is 0 Å². The number of amides is 1. The van der Waals surface area contributed by atoms with Crippen LogP contribution in [-0.4, -0.2) is 43.6 Å². The molecule has 1 aromatic carbocycles. The zero-order valence-electron chi connectivity index (χ0n) is 15.0. The Balaban J connectivity index is 1.50. The second-order valence-corrected chi connectivity index (χ2v) is 6.79. The van der Waals surface area contributed by atoms with Gasteiger partial charge in [-0.25, -0.2) is 4.39 Å². The van der Waals surface area contributed by atoms with Crippen LogP contribution in [0.4, 0.5) is 10.1 Å². The first-order valence-corrected chi connectivity index (χ1v) is 9.30. The van der Waals surface area contributed by atoms with Crippen molar-refractivity contribution >= 4 is 11.6 Å². The average Bonchev–Trinajstić information content (AvgIpc) is 2.63. The number of carbonyl (C=O) groups is 1. The molecule has 0 unspecified atom stereocenters. The fraction of sp³-hybridized carbons (Fsp3) is 0.550. The minimum Gasteiger partial charge on any atom is -0.482 e. The molecule has 25 heavy (non-hydrogen) atoms. The van der Waals surface area contributed by atoms with Gasteiger partial charge in [-0.3, -0.25) is 4.79 Å². The highest BCUT2D eigenvalue weighted by atomic mass is 19.1. The van der Waals surface area contributed by atoms with E-state index in [0.29, 0.717) is 18.0 Å². The number of unbranched alkanes of at least 4 members (excludes halogenated alkanes) is 1. The van der Waals surface area contributed by atoms with Crippen LogP contribution in [0.1, 0.15) is 39.0 Å². The Hall–Kier alpha value is -1.88. The van der Waals surface area contributed by atoms with E-state index in [1.807, 2.05) is 0 Å². The minimum absolute atomic E-state index is 0.0356. The average molecular weight is 346 g/mol. The lowest BCUT2D eigenvalue weighted by Crippen LogP contribution is -2.41. The summed E-state index contributed by atoms with van der Waals surface area (Å²) >= 11 is 0. The molecule has 0 N–H and O–H groups in total. The molecular weight excluding hydrogens is 319 g/mol. The third-order valence-electron chi connectivity index (χ3n) is 4.94. The molecule has 3 rings (SSSR count). The summed E-state index contributed by atoms with van der Waals surface area (Å²) in [7, 11) is 0. The minimum atomic E-state index is -0.343. The maximum absolute atomic E-state index is 13.5. The summed E-state index contributed by atoms with van der Waals surface area (Å²) in [6.45, 7) is 6.01. The molecule has 0 aromatic heterocycles. The molecule has 2 heterocycles. The predicted octanol–water partition coefficient (Wildman–Crippen LogP) is 3.76. The molecule has 5 heteroatoms. The van der Waals surface area contributed by atoms with E-state index in [1.54, 1.807) is 16.5 Å². The summed E-state index contributed by atoms with van der Waals surface area (Å²) in [5.74, 6) is 0.149. The van der Waals surface area contributed by atoms with Crippen LogP contribution >= 0.6 is 0 Å². The SMILES string of the molecule is CCCC=C1CCN(CCCN2C(=O)COc3ccc(F)cc32)CC1. The zero-order chi connectivity index (χ0) is 17.6. The quantitative estimate of drug-likeness (QED) is 0.735. The van der Waals surface area contributed by atoms with Crippen LogP contribution in [0.15, 0.2) is 29.8 Å². The van der Waals surface area contributed by atoms with Gasteiger partial charge in [-0.2, -0.15) is 0 Å². The molecule has 1 amide bonds. The van der Waals surface area contributed by atoms with Gasteiger partial charge in [0, 0.05) is 25.7 Å². The fourth-order valence-electron chi connectivity index (χ4n) is 3.49. The second kappa shape index (κ2) is 8.48. The third kappa shape index (κ3) is 4.60. The van der Waals surface area contributed by atoms with Crippen molar-refractivity contribution in [2.75, 3.05) is 37.7 Å². The third-order valence-corrected chi connectivity index (χ3v) is 4.94. The lowest BCUT2D eigenvalue weighted by molar-refractivity contribution is -0.121. The van der Waals surface area contributed by atoms with Crippen molar-refractivity contribution in [3.63, 3.8) is 0 Å². The van der Waals surface area contributed by atoms with E-state index in [2.05, 4.69) is 17.9 Å². The number of hydrogen-bond acceptors (Lipinski definition) is 3. The Morgan fingerprint density at radius 2 is 2.04 bits per heavy atom. The highest BCUT2D eigenvalue weighted by Crippen LogP contribution is 2.32. The monoisotopic (exact) mass is 346 g/mol. The van der Waals surface area contributed by atoms with Crippen molar-refractivity contribution in [2.24, 2.45) is 0 Å². The molecule has 0 spiro atoms. The fourth-order valence-corrected chi connectivity index (χ4v) is 3.49. The summed E-state index contributed by atoms with van der Waals surface area (Å²) < 4.78 is 18.9. The molecule has 0 radical (unpaired) electrons. The molecule has 0 atom stereocenters. The molecule has 1 saturated heterocycles. The van der Waals surface area contributed by atoms with Crippen LogP contribution in [0.25, 0.3) is 0 Å². The normalized spacial score (nSPS) is 18.1. The summed E-state index contributed by atoms with van der Waals surface area (Å²) in [4.78, 5) is 16.3. The van der Waals surface area contributed by atoms with E-state index in [-0.39, 0.29) is 18.3 Å².